The van der Waals surface area contributed by atoms with E-state index in [-0.39, 0.29) is 33.4 Å². The second-order valence-electron chi connectivity index (χ2n) is 17.4. The molecule has 292 valence electrons. The van der Waals surface area contributed by atoms with Gasteiger partial charge in [-0.25, -0.2) is 0 Å². The molecular formula is C52H36N8Si2. The largest absolute Gasteiger partial charge is 0.198 e. The fraction of sp³-hybridized carbons (Fsp3) is 0.154. The zero-order chi connectivity index (χ0) is 44.7. The molecule has 5 aromatic carbocycles. The van der Waals surface area contributed by atoms with Crippen LogP contribution in [0.4, 0.5) is 0 Å². The molecule has 0 heterocycles. The van der Waals surface area contributed by atoms with Crippen LogP contribution in [0.15, 0.2) is 97.1 Å². The average Bonchev–Trinajstić information content (AvgIpc) is 3.76. The molecule has 2 aliphatic carbocycles. The van der Waals surface area contributed by atoms with E-state index in [0.29, 0.717) is 61.2 Å². The number of benzene rings is 5. The van der Waals surface area contributed by atoms with E-state index in [4.69, 9.17) is 0 Å². The topological polar surface area (TPSA) is 190 Å². The van der Waals surface area contributed by atoms with Gasteiger partial charge in [-0.3, -0.25) is 0 Å². The van der Waals surface area contributed by atoms with Crippen molar-refractivity contribution in [1.29, 1.82) is 42.1 Å². The summed E-state index contributed by atoms with van der Waals surface area (Å²) in [6.45, 7) is 13.4. The van der Waals surface area contributed by atoms with Crippen molar-refractivity contribution in [2.24, 2.45) is 0 Å². The normalized spacial score (nSPS) is 15.3. The fourth-order valence-corrected chi connectivity index (χ4v) is 10.9. The van der Waals surface area contributed by atoms with Crippen LogP contribution in [0.2, 0.25) is 39.3 Å². The van der Waals surface area contributed by atoms with E-state index in [2.05, 4.69) is 112 Å². The molecule has 7 rings (SSSR count). The van der Waals surface area contributed by atoms with Crippen LogP contribution in [0.5, 0.6) is 0 Å². The van der Waals surface area contributed by atoms with Gasteiger partial charge in [0.1, 0.15) is 18.2 Å². The maximum atomic E-state index is 11.2. The van der Waals surface area contributed by atoms with E-state index in [1.807, 2.05) is 36.4 Å². The molecule has 0 saturated carbocycles. The Balaban J connectivity index is 1.61. The Bertz CT molecular complexity index is 3160. The molecular weight excluding hydrogens is 793 g/mol. The molecule has 0 spiro atoms. The van der Waals surface area contributed by atoms with Crippen molar-refractivity contribution in [3.05, 3.63) is 164 Å². The number of allylic oxidation sites excluding steroid dienone is 6. The van der Waals surface area contributed by atoms with Crippen LogP contribution in [0, 0.1) is 90.6 Å². The predicted octanol–water partition coefficient (Wildman–Crippen LogP) is 9.99. The molecule has 0 radical (unpaired) electrons. The minimum atomic E-state index is -1.74. The Morgan fingerprint density at radius 3 is 1.42 bits per heavy atom. The number of hydrogen-bond donors (Lipinski definition) is 0. The molecule has 62 heavy (non-hydrogen) atoms. The molecule has 5 aromatic rings. The zero-order valence-electron chi connectivity index (χ0n) is 35.0. The van der Waals surface area contributed by atoms with Gasteiger partial charge in [0, 0.05) is 22.6 Å². The molecule has 0 bridgehead atoms. The smallest absolute Gasteiger partial charge is 0.100 e. The summed E-state index contributed by atoms with van der Waals surface area (Å²) in [5, 5.41) is 86.7. The van der Waals surface area contributed by atoms with Crippen LogP contribution in [-0.4, -0.2) is 16.1 Å². The van der Waals surface area contributed by atoms with Crippen molar-refractivity contribution in [3.63, 3.8) is 0 Å². The molecule has 0 aliphatic heterocycles. The summed E-state index contributed by atoms with van der Waals surface area (Å²) < 4.78 is 0. The lowest BCUT2D eigenvalue weighted by atomic mass is 9.76. The summed E-state index contributed by atoms with van der Waals surface area (Å²) in [7, 11) is -3.47. The Kier molecular flexibility index (Phi) is 10.8. The fourth-order valence-electron chi connectivity index (χ4n) is 8.56. The van der Waals surface area contributed by atoms with Crippen molar-refractivity contribution in [3.8, 4) is 48.6 Å². The molecule has 10 heteroatoms. The quantitative estimate of drug-likeness (QED) is 0.114. The maximum Gasteiger partial charge on any atom is 0.100 e. The van der Waals surface area contributed by atoms with E-state index in [1.165, 1.54) is 22.5 Å². The lowest BCUT2D eigenvalue weighted by Crippen LogP contribution is -2.37. The molecule has 0 N–H and O–H groups in total. The highest BCUT2D eigenvalue weighted by Gasteiger charge is 2.42. The van der Waals surface area contributed by atoms with Gasteiger partial charge < -0.3 is 0 Å². The summed E-state index contributed by atoms with van der Waals surface area (Å²) in [4.78, 5) is 0. The van der Waals surface area contributed by atoms with Crippen LogP contribution >= 0.6 is 0 Å². The van der Waals surface area contributed by atoms with Gasteiger partial charge in [0.25, 0.3) is 0 Å². The van der Waals surface area contributed by atoms with Crippen LogP contribution in [-0.2, 0) is 0 Å². The predicted molar refractivity (Wildman–Crippen MR) is 245 cm³/mol. The van der Waals surface area contributed by atoms with Gasteiger partial charge in [-0.1, -0.05) is 98.2 Å². The molecule has 8 nitrogen and oxygen atoms in total. The summed E-state index contributed by atoms with van der Waals surface area (Å²) >= 11 is 0. The highest BCUT2D eigenvalue weighted by molar-refractivity contribution is 6.89. The van der Waals surface area contributed by atoms with Crippen molar-refractivity contribution in [2.45, 2.75) is 51.1 Å². The third-order valence-corrected chi connectivity index (χ3v) is 15.8. The van der Waals surface area contributed by atoms with Crippen LogP contribution in [0.3, 0.4) is 0 Å². The third-order valence-electron chi connectivity index (χ3n) is 11.6. The van der Waals surface area contributed by atoms with Gasteiger partial charge in [-0.15, -0.1) is 0 Å². The molecule has 0 amide bonds. The minimum absolute atomic E-state index is 0.136. The van der Waals surface area contributed by atoms with E-state index >= 15 is 0 Å². The number of rotatable bonds is 7. The SMILES string of the molecule is C[Si](C)(C)c1ccc(C2=C(C#N)c3cc4c(cc3/C2=C(/C#N)c2cc(C#N)cc(C#N)c2)C(C(C#N)c2cc(C#N)cc(C#N)c2)C(c2ccc([Si](C)(C)C)cc2)=C4C#N)cc1. The van der Waals surface area contributed by atoms with Gasteiger partial charge in [0.2, 0.25) is 0 Å². The Morgan fingerprint density at radius 1 is 0.500 bits per heavy atom. The second-order valence-corrected chi connectivity index (χ2v) is 27.6. The lowest BCUT2D eigenvalue weighted by molar-refractivity contribution is 0.773. The third kappa shape index (κ3) is 7.21. The monoisotopic (exact) mass is 828 g/mol. The summed E-state index contributed by atoms with van der Waals surface area (Å²) in [6.07, 6.45) is 0. The van der Waals surface area contributed by atoms with E-state index < -0.39 is 28.0 Å². The maximum absolute atomic E-state index is 11.2. The molecule has 2 aliphatic rings. The van der Waals surface area contributed by atoms with E-state index in [9.17, 15) is 42.1 Å². The number of hydrogen-bond acceptors (Lipinski definition) is 8. The Morgan fingerprint density at radius 2 is 0.984 bits per heavy atom. The van der Waals surface area contributed by atoms with Gasteiger partial charge in [0.05, 0.1) is 91.4 Å². The minimum Gasteiger partial charge on any atom is -0.198 e. The summed E-state index contributed by atoms with van der Waals surface area (Å²) in [5.41, 5.74) is 7.33. The summed E-state index contributed by atoms with van der Waals surface area (Å²) in [6, 6.07) is 47.2. The molecule has 0 fully saturated rings. The van der Waals surface area contributed by atoms with Gasteiger partial charge >= 0.3 is 0 Å². The van der Waals surface area contributed by atoms with Crippen molar-refractivity contribution >= 4 is 60.0 Å². The number of nitrogens with zero attached hydrogens (tertiary/aromatic N) is 8. The number of fused-ring (bicyclic) bond motifs is 2. The van der Waals surface area contributed by atoms with E-state index in [0.717, 1.165) is 5.56 Å². The van der Waals surface area contributed by atoms with Crippen LogP contribution in [0.25, 0.3) is 33.4 Å². The van der Waals surface area contributed by atoms with Gasteiger partial charge in [-0.2, -0.15) is 42.1 Å². The molecule has 0 aromatic heterocycles. The first-order chi connectivity index (χ1) is 29.6. The molecule has 2 unspecified atom stereocenters. The van der Waals surface area contributed by atoms with Gasteiger partial charge in [0.15, 0.2) is 0 Å². The van der Waals surface area contributed by atoms with Crippen LogP contribution < -0.4 is 10.4 Å². The standard InChI is InChI=1S/C52H36N8Si2/c1-61(2,3)39-11-7-35(8-12-39)49-47(29-59)41-21-42-44(22-43(41)51(49)45(27-57)37-17-31(23-53)15-32(18-37)24-54)52(46(28-58)38-19-33(25-55)16-34(20-38)26-56)50(48(42)30-60)36-9-13-40(14-10-36)62(4,5)6/h7-22,45,51H,1-6H3/b52-46+. The van der Waals surface area contributed by atoms with E-state index in [1.54, 1.807) is 24.3 Å². The molecule has 2 atom stereocenters. The first-order valence-electron chi connectivity index (χ1n) is 19.8. The zero-order valence-corrected chi connectivity index (χ0v) is 37.0. The lowest BCUT2D eigenvalue weighted by Gasteiger charge is -2.24. The Hall–Kier alpha value is -8.33. The highest BCUT2D eigenvalue weighted by atomic mass is 28.3. The Labute approximate surface area is 364 Å². The molecule has 0 saturated heterocycles. The summed E-state index contributed by atoms with van der Waals surface area (Å²) in [5.74, 6) is -1.78. The average molecular weight is 829 g/mol. The highest BCUT2D eigenvalue weighted by Crippen LogP contribution is 2.57. The van der Waals surface area contributed by atoms with Crippen molar-refractivity contribution in [2.75, 3.05) is 0 Å². The van der Waals surface area contributed by atoms with Crippen LogP contribution in [0.1, 0.15) is 78.6 Å². The van der Waals surface area contributed by atoms with Crippen molar-refractivity contribution in [1.82, 2.24) is 0 Å². The van der Waals surface area contributed by atoms with Crippen molar-refractivity contribution < 1.29 is 0 Å². The van der Waals surface area contributed by atoms with Gasteiger partial charge in [-0.05, 0) is 93.0 Å². The first kappa shape index (κ1) is 41.8. The first-order valence-corrected chi connectivity index (χ1v) is 26.8. The second kappa shape index (κ2) is 16.0. The number of nitriles is 8.